The number of thiophene rings is 1. The second-order valence-corrected chi connectivity index (χ2v) is 6.35. The zero-order valence-corrected chi connectivity index (χ0v) is 14.9. The van der Waals surface area contributed by atoms with Gasteiger partial charge < -0.3 is 15.1 Å². The Morgan fingerprint density at radius 2 is 1.93 bits per heavy atom. The van der Waals surface area contributed by atoms with E-state index < -0.39 is 23.6 Å². The molecule has 0 fully saturated rings. The van der Waals surface area contributed by atoms with E-state index in [0.717, 1.165) is 12.1 Å². The average Bonchev–Trinajstić information content (AvgIpc) is 3.34. The van der Waals surface area contributed by atoms with Crippen LogP contribution in [0.25, 0.3) is 6.08 Å². The van der Waals surface area contributed by atoms with Crippen molar-refractivity contribution in [1.29, 1.82) is 0 Å². The molecule has 0 atom stereocenters. The monoisotopic (exact) mass is 406 g/mol. The topological polar surface area (TPSA) is 71.3 Å². The summed E-state index contributed by atoms with van der Waals surface area (Å²) in [7, 11) is 0. The highest BCUT2D eigenvalue weighted by Crippen LogP contribution is 2.30. The Balaban J connectivity index is 1.84. The van der Waals surface area contributed by atoms with E-state index in [9.17, 15) is 22.8 Å². The smallest absolute Gasteiger partial charge is 0.416 e. The molecule has 0 aliphatic rings. The molecule has 3 rings (SSSR count). The van der Waals surface area contributed by atoms with Gasteiger partial charge in [0.15, 0.2) is 0 Å². The quantitative estimate of drug-likeness (QED) is 0.600. The van der Waals surface area contributed by atoms with Gasteiger partial charge in [-0.15, -0.1) is 0 Å². The number of alkyl halides is 3. The lowest BCUT2D eigenvalue weighted by atomic mass is 10.2. The fraction of sp³-hybridized carbons (Fsp3) is 0.0526. The SMILES string of the molecule is O=C(Nc1cccc(C(F)(F)F)c1)/C(=C/c1ccco1)NC(=O)c1ccsc1. The van der Waals surface area contributed by atoms with Gasteiger partial charge in [0.1, 0.15) is 11.5 Å². The lowest BCUT2D eigenvalue weighted by Gasteiger charge is -2.12. The maximum absolute atomic E-state index is 12.9. The largest absolute Gasteiger partial charge is 0.465 e. The molecule has 0 aliphatic heterocycles. The van der Waals surface area contributed by atoms with Crippen LogP contribution in [-0.2, 0) is 11.0 Å². The molecule has 28 heavy (non-hydrogen) atoms. The highest BCUT2D eigenvalue weighted by atomic mass is 32.1. The van der Waals surface area contributed by atoms with E-state index in [1.54, 1.807) is 29.0 Å². The molecule has 144 valence electrons. The predicted molar refractivity (Wildman–Crippen MR) is 98.5 cm³/mol. The normalized spacial score (nSPS) is 11.9. The second-order valence-electron chi connectivity index (χ2n) is 5.57. The highest BCUT2D eigenvalue weighted by molar-refractivity contribution is 7.08. The molecule has 2 amide bonds. The summed E-state index contributed by atoms with van der Waals surface area (Å²) in [4.78, 5) is 24.9. The lowest BCUT2D eigenvalue weighted by molar-refractivity contribution is -0.137. The van der Waals surface area contributed by atoms with Crippen LogP contribution < -0.4 is 10.6 Å². The van der Waals surface area contributed by atoms with Crippen molar-refractivity contribution in [3.8, 4) is 0 Å². The van der Waals surface area contributed by atoms with Crippen LogP contribution in [0.1, 0.15) is 21.7 Å². The van der Waals surface area contributed by atoms with Gasteiger partial charge in [0.2, 0.25) is 0 Å². The number of nitrogens with one attached hydrogen (secondary N) is 2. The molecule has 3 aromatic rings. The number of anilines is 1. The summed E-state index contributed by atoms with van der Waals surface area (Å²) in [6.45, 7) is 0. The second kappa shape index (κ2) is 8.13. The zero-order chi connectivity index (χ0) is 20.1. The molecule has 0 saturated heterocycles. The third-order valence-electron chi connectivity index (χ3n) is 3.55. The van der Waals surface area contributed by atoms with E-state index in [1.165, 1.54) is 35.8 Å². The Hall–Kier alpha value is -3.33. The van der Waals surface area contributed by atoms with E-state index in [1.807, 2.05) is 0 Å². The summed E-state index contributed by atoms with van der Waals surface area (Å²) in [5.74, 6) is -1.03. The summed E-state index contributed by atoms with van der Waals surface area (Å²) in [5.41, 5.74) is -0.787. The van der Waals surface area contributed by atoms with Gasteiger partial charge in [-0.3, -0.25) is 9.59 Å². The third-order valence-corrected chi connectivity index (χ3v) is 4.24. The Labute approximate surface area is 161 Å². The van der Waals surface area contributed by atoms with E-state index in [0.29, 0.717) is 11.3 Å². The Morgan fingerprint density at radius 1 is 1.11 bits per heavy atom. The molecule has 1 aromatic carbocycles. The first kappa shape index (κ1) is 19.4. The summed E-state index contributed by atoms with van der Waals surface area (Å²) in [5, 5.41) is 8.12. The first-order valence-corrected chi connectivity index (χ1v) is 8.84. The standard InChI is InChI=1S/C19H13F3N2O3S/c20-19(21,22)13-3-1-4-14(9-13)23-18(26)16(10-15-5-2-7-27-15)24-17(25)12-6-8-28-11-12/h1-11H,(H,23,26)(H,24,25)/b16-10-. The summed E-state index contributed by atoms with van der Waals surface area (Å²) < 4.78 is 43.7. The van der Waals surface area contributed by atoms with Crippen molar-refractivity contribution in [1.82, 2.24) is 5.32 Å². The van der Waals surface area contributed by atoms with Crippen molar-refractivity contribution in [2.24, 2.45) is 0 Å². The number of carbonyl (C=O) groups is 2. The van der Waals surface area contributed by atoms with Gasteiger partial charge in [-0.05, 0) is 41.8 Å². The van der Waals surface area contributed by atoms with Crippen LogP contribution in [0.5, 0.6) is 0 Å². The third kappa shape index (κ3) is 4.89. The molecular formula is C19H13F3N2O3S. The van der Waals surface area contributed by atoms with Crippen molar-refractivity contribution in [3.05, 3.63) is 82.1 Å². The lowest BCUT2D eigenvalue weighted by Crippen LogP contribution is -2.30. The Bertz CT molecular complexity index is 994. The van der Waals surface area contributed by atoms with E-state index in [-0.39, 0.29) is 11.4 Å². The fourth-order valence-corrected chi connectivity index (χ4v) is 2.87. The van der Waals surface area contributed by atoms with Crippen LogP contribution >= 0.6 is 11.3 Å². The maximum Gasteiger partial charge on any atom is 0.416 e. The van der Waals surface area contributed by atoms with Gasteiger partial charge in [0.25, 0.3) is 11.8 Å². The van der Waals surface area contributed by atoms with E-state index >= 15 is 0 Å². The van der Waals surface area contributed by atoms with E-state index in [4.69, 9.17) is 4.42 Å². The number of halogens is 3. The van der Waals surface area contributed by atoms with Crippen molar-refractivity contribution in [3.63, 3.8) is 0 Å². The van der Waals surface area contributed by atoms with Gasteiger partial charge in [-0.1, -0.05) is 6.07 Å². The van der Waals surface area contributed by atoms with Crippen molar-refractivity contribution in [2.75, 3.05) is 5.32 Å². The maximum atomic E-state index is 12.9. The first-order chi connectivity index (χ1) is 13.3. The molecule has 0 saturated carbocycles. The number of amides is 2. The molecule has 9 heteroatoms. The van der Waals surface area contributed by atoms with Crippen LogP contribution in [0.2, 0.25) is 0 Å². The van der Waals surface area contributed by atoms with Crippen LogP contribution in [0, 0.1) is 0 Å². The van der Waals surface area contributed by atoms with Crippen molar-refractivity contribution < 1.29 is 27.2 Å². The molecule has 5 nitrogen and oxygen atoms in total. The van der Waals surface area contributed by atoms with Crippen molar-refractivity contribution >= 4 is 34.9 Å². The number of furan rings is 1. The molecule has 2 heterocycles. The number of carbonyl (C=O) groups excluding carboxylic acids is 2. The molecule has 0 radical (unpaired) electrons. The van der Waals surface area contributed by atoms with Crippen LogP contribution in [0.3, 0.4) is 0 Å². The zero-order valence-electron chi connectivity index (χ0n) is 14.1. The van der Waals surface area contributed by atoms with Crippen LogP contribution in [-0.4, -0.2) is 11.8 Å². The summed E-state index contributed by atoms with van der Waals surface area (Å²) in [6, 6.07) is 8.94. The van der Waals surface area contributed by atoms with E-state index in [2.05, 4.69) is 10.6 Å². The number of hydrogen-bond acceptors (Lipinski definition) is 4. The number of rotatable bonds is 5. The summed E-state index contributed by atoms with van der Waals surface area (Å²) >= 11 is 1.31. The molecule has 0 spiro atoms. The fourth-order valence-electron chi connectivity index (χ4n) is 2.23. The predicted octanol–water partition coefficient (Wildman–Crippen LogP) is 4.77. The van der Waals surface area contributed by atoms with Crippen LogP contribution in [0.15, 0.2) is 69.6 Å². The van der Waals surface area contributed by atoms with Crippen molar-refractivity contribution in [2.45, 2.75) is 6.18 Å². The number of hydrogen-bond donors (Lipinski definition) is 2. The molecule has 0 bridgehead atoms. The average molecular weight is 406 g/mol. The number of benzene rings is 1. The molecule has 0 aliphatic carbocycles. The first-order valence-electron chi connectivity index (χ1n) is 7.90. The Morgan fingerprint density at radius 3 is 2.57 bits per heavy atom. The van der Waals surface area contributed by atoms with Gasteiger partial charge in [-0.25, -0.2) is 0 Å². The van der Waals surface area contributed by atoms with Gasteiger partial charge in [0.05, 0.1) is 17.4 Å². The van der Waals surface area contributed by atoms with Gasteiger partial charge >= 0.3 is 6.18 Å². The molecule has 2 aromatic heterocycles. The minimum absolute atomic E-state index is 0.0602. The van der Waals surface area contributed by atoms with Crippen LogP contribution in [0.4, 0.5) is 18.9 Å². The Kier molecular flexibility index (Phi) is 5.65. The molecule has 2 N–H and O–H groups in total. The highest BCUT2D eigenvalue weighted by Gasteiger charge is 2.30. The minimum atomic E-state index is -4.54. The summed E-state index contributed by atoms with van der Waals surface area (Å²) in [6.07, 6.45) is -1.87. The molecule has 0 unspecified atom stereocenters. The van der Waals surface area contributed by atoms with Gasteiger partial charge in [-0.2, -0.15) is 24.5 Å². The minimum Gasteiger partial charge on any atom is -0.465 e. The van der Waals surface area contributed by atoms with Gasteiger partial charge in [0, 0.05) is 17.1 Å². The molecular weight excluding hydrogens is 393 g/mol.